The largest absolute Gasteiger partial charge is 0.345 e. The van der Waals surface area contributed by atoms with E-state index in [1.165, 1.54) is 10.5 Å². The van der Waals surface area contributed by atoms with Gasteiger partial charge in [-0.15, -0.1) is 0 Å². The lowest BCUT2D eigenvalue weighted by Gasteiger charge is -2.16. The Morgan fingerprint density at radius 2 is 1.83 bits per heavy atom. The molecule has 8 heteroatoms. The molecule has 2 aromatic carbocycles. The van der Waals surface area contributed by atoms with Gasteiger partial charge in [0.2, 0.25) is 11.5 Å². The molecule has 0 spiro atoms. The summed E-state index contributed by atoms with van der Waals surface area (Å²) in [4.78, 5) is 31.8. The van der Waals surface area contributed by atoms with Crippen LogP contribution in [0.1, 0.15) is 40.0 Å². The van der Waals surface area contributed by atoms with Gasteiger partial charge in [-0.25, -0.2) is 4.57 Å². The summed E-state index contributed by atoms with van der Waals surface area (Å²) in [7, 11) is 0. The monoisotopic (exact) mass is 498 g/mol. The Kier molecular flexibility index (Phi) is 6.16. The summed E-state index contributed by atoms with van der Waals surface area (Å²) in [5, 5.41) is 3.84. The predicted molar refractivity (Wildman–Crippen MR) is 141 cm³/mol. The number of nitrogens with one attached hydrogen (secondary N) is 1. The number of nitrogen functional groups attached to an aromatic ring is 1. The molecule has 3 aromatic heterocycles. The number of nitrogens with zero attached hydrogens (tertiary/aromatic N) is 3. The fraction of sp³-hybridized carbons (Fsp3) is 0.143. The maximum atomic E-state index is 13.6. The van der Waals surface area contributed by atoms with Crippen LogP contribution in [-0.4, -0.2) is 15.3 Å². The molecule has 5 aromatic rings. The topological polar surface area (TPSA) is 93.4 Å². The van der Waals surface area contributed by atoms with Crippen molar-refractivity contribution in [3.8, 4) is 0 Å². The van der Waals surface area contributed by atoms with Crippen LogP contribution < -0.4 is 21.2 Å². The molecule has 0 unspecified atom stereocenters. The zero-order valence-electron chi connectivity index (χ0n) is 19.9. The number of carbonyl (C=O) groups is 1. The third-order valence-electron chi connectivity index (χ3n) is 6.35. The zero-order chi connectivity index (χ0) is 25.4. The fourth-order valence-corrected chi connectivity index (χ4v) is 4.54. The third kappa shape index (κ3) is 4.18. The van der Waals surface area contributed by atoms with E-state index in [4.69, 9.17) is 22.3 Å². The van der Waals surface area contributed by atoms with Crippen LogP contribution in [0.25, 0.3) is 16.7 Å². The lowest BCUT2D eigenvalue weighted by molar-refractivity contribution is -0.649. The molecule has 0 fully saturated rings. The highest BCUT2D eigenvalue weighted by molar-refractivity contribution is 6.31. The van der Waals surface area contributed by atoms with Crippen molar-refractivity contribution in [2.75, 3.05) is 5.73 Å². The Bertz CT molecular complexity index is 1680. The van der Waals surface area contributed by atoms with Crippen LogP contribution in [0, 0.1) is 6.92 Å². The molecule has 1 atom stereocenters. The van der Waals surface area contributed by atoms with Crippen LogP contribution in [0.15, 0.2) is 83.8 Å². The summed E-state index contributed by atoms with van der Waals surface area (Å²) in [6, 6.07) is 22.0. The highest BCUT2D eigenvalue weighted by Crippen LogP contribution is 2.20. The predicted octanol–water partition coefficient (Wildman–Crippen LogP) is 4.22. The van der Waals surface area contributed by atoms with Crippen LogP contribution in [0.5, 0.6) is 0 Å². The van der Waals surface area contributed by atoms with Gasteiger partial charge in [-0.05, 0) is 37.6 Å². The Balaban J connectivity index is 1.72. The second kappa shape index (κ2) is 9.43. The van der Waals surface area contributed by atoms with Crippen molar-refractivity contribution in [2.45, 2.75) is 26.4 Å². The van der Waals surface area contributed by atoms with Gasteiger partial charge in [0.05, 0.1) is 12.6 Å². The summed E-state index contributed by atoms with van der Waals surface area (Å²) < 4.78 is 3.18. The van der Waals surface area contributed by atoms with Gasteiger partial charge in [0.1, 0.15) is 10.9 Å². The van der Waals surface area contributed by atoms with Crippen molar-refractivity contribution in [1.29, 1.82) is 0 Å². The summed E-state index contributed by atoms with van der Waals surface area (Å²) in [5.74, 6) is -0.183. The second-order valence-electron chi connectivity index (χ2n) is 8.77. The Morgan fingerprint density at radius 3 is 2.58 bits per heavy atom. The number of anilines is 1. The van der Waals surface area contributed by atoms with Crippen molar-refractivity contribution in [3.05, 3.63) is 117 Å². The molecule has 0 radical (unpaired) electrons. The quantitative estimate of drug-likeness (QED) is 0.280. The number of hydrogen-bond acceptors (Lipinski definition) is 4. The molecule has 5 rings (SSSR count). The molecular weight excluding hydrogens is 474 g/mol. The van der Waals surface area contributed by atoms with Gasteiger partial charge in [0, 0.05) is 22.3 Å². The number of amides is 1. The molecule has 0 aliphatic carbocycles. The van der Waals surface area contributed by atoms with Gasteiger partial charge < -0.3 is 11.1 Å². The number of benzene rings is 2. The van der Waals surface area contributed by atoms with Crippen molar-refractivity contribution in [3.63, 3.8) is 0 Å². The van der Waals surface area contributed by atoms with Gasteiger partial charge in [-0.2, -0.15) is 0 Å². The van der Waals surface area contributed by atoms with Crippen LogP contribution in [0.3, 0.4) is 0 Å². The first-order valence-corrected chi connectivity index (χ1v) is 12.0. The van der Waals surface area contributed by atoms with E-state index in [1.54, 1.807) is 22.9 Å². The van der Waals surface area contributed by atoms with Crippen molar-refractivity contribution in [2.24, 2.45) is 0 Å². The molecule has 0 aliphatic rings. The zero-order valence-corrected chi connectivity index (χ0v) is 20.7. The molecule has 0 aliphatic heterocycles. The summed E-state index contributed by atoms with van der Waals surface area (Å²) >= 11 is 6.45. The number of hydrogen-bond donors (Lipinski definition) is 2. The minimum absolute atomic E-state index is 0.198. The minimum atomic E-state index is -0.382. The van der Waals surface area contributed by atoms with Gasteiger partial charge in [-0.3, -0.25) is 14.0 Å². The highest BCUT2D eigenvalue weighted by Gasteiger charge is 2.26. The number of rotatable bonds is 5. The van der Waals surface area contributed by atoms with Crippen LogP contribution in [0.2, 0.25) is 5.02 Å². The number of nitrogens with two attached hydrogens (primary N) is 1. The van der Waals surface area contributed by atoms with Crippen molar-refractivity contribution < 1.29 is 9.36 Å². The van der Waals surface area contributed by atoms with E-state index in [9.17, 15) is 9.59 Å². The summed E-state index contributed by atoms with van der Waals surface area (Å²) in [5.41, 5.74) is 10.0. The van der Waals surface area contributed by atoms with E-state index in [-0.39, 0.29) is 40.8 Å². The first-order chi connectivity index (χ1) is 17.3. The third-order valence-corrected chi connectivity index (χ3v) is 6.72. The van der Waals surface area contributed by atoms with E-state index in [1.807, 2.05) is 68.4 Å². The molecule has 180 valence electrons. The Hall–Kier alpha value is -4.23. The van der Waals surface area contributed by atoms with E-state index >= 15 is 0 Å². The number of aromatic nitrogens is 3. The molecule has 0 saturated carbocycles. The molecule has 3 heterocycles. The molecule has 0 bridgehead atoms. The van der Waals surface area contributed by atoms with Gasteiger partial charge in [-0.1, -0.05) is 71.2 Å². The molecular formula is C28H25ClN5O2+. The minimum Gasteiger partial charge on any atom is -0.345 e. The standard InChI is InChI=1S/C28H24ClN5O2/c1-17-9-8-14-33-25(17)32-26-22(28(33)36)15-21(27(35)31-18(2)19-10-4-3-5-11-19)24(30)34(26)16-20-12-6-7-13-23(20)29/h3-15,18,30H,16H2,1-2H3,(H,31,35)/p+1/t18-/m1/s1. The number of aryl methyl sites for hydroxylation is 1. The van der Waals surface area contributed by atoms with Crippen LogP contribution in [0.4, 0.5) is 5.82 Å². The maximum Gasteiger partial charge on any atom is 0.278 e. The average molecular weight is 499 g/mol. The fourth-order valence-electron chi connectivity index (χ4n) is 4.35. The molecule has 7 nitrogen and oxygen atoms in total. The van der Waals surface area contributed by atoms with Crippen LogP contribution in [-0.2, 0) is 6.54 Å². The maximum absolute atomic E-state index is 13.6. The Morgan fingerprint density at radius 1 is 1.11 bits per heavy atom. The average Bonchev–Trinajstić information content (AvgIpc) is 2.88. The molecule has 0 saturated heterocycles. The van der Waals surface area contributed by atoms with Crippen LogP contribution >= 0.6 is 11.6 Å². The van der Waals surface area contributed by atoms with Crippen molar-refractivity contribution in [1.82, 2.24) is 14.7 Å². The second-order valence-corrected chi connectivity index (χ2v) is 9.17. The first kappa shape index (κ1) is 23.5. The molecule has 1 amide bonds. The SMILES string of the molecule is Cc1cccn2c(=O)c3cc(C(=O)N[C@H](C)c4ccccc4)c(N)[n+](Cc4ccccc4Cl)c3nc12. The van der Waals surface area contributed by atoms with Gasteiger partial charge in [0.25, 0.3) is 17.1 Å². The van der Waals surface area contributed by atoms with E-state index in [0.717, 1.165) is 16.7 Å². The highest BCUT2D eigenvalue weighted by atomic mass is 35.5. The lowest BCUT2D eigenvalue weighted by atomic mass is 10.1. The first-order valence-electron chi connectivity index (χ1n) is 11.6. The van der Waals surface area contributed by atoms with Gasteiger partial charge >= 0.3 is 0 Å². The van der Waals surface area contributed by atoms with E-state index in [0.29, 0.717) is 16.3 Å². The summed E-state index contributed by atoms with van der Waals surface area (Å²) in [6.07, 6.45) is 1.67. The molecule has 3 N–H and O–H groups in total. The summed E-state index contributed by atoms with van der Waals surface area (Å²) in [6.45, 7) is 4.03. The smallest absolute Gasteiger partial charge is 0.278 e. The normalized spacial score (nSPS) is 12.1. The Labute approximate surface area is 212 Å². The number of carbonyl (C=O) groups excluding carboxylic acids is 1. The van der Waals surface area contributed by atoms with E-state index in [2.05, 4.69) is 5.32 Å². The van der Waals surface area contributed by atoms with Gasteiger partial charge in [0.15, 0.2) is 0 Å². The number of fused-ring (bicyclic) bond motifs is 2. The van der Waals surface area contributed by atoms with Crippen molar-refractivity contribution >= 4 is 40.0 Å². The number of halogens is 1. The van der Waals surface area contributed by atoms with E-state index < -0.39 is 0 Å². The number of pyridine rings is 2. The lowest BCUT2D eigenvalue weighted by Crippen LogP contribution is -2.43. The molecule has 36 heavy (non-hydrogen) atoms.